The molecule has 1 unspecified atom stereocenters. The minimum atomic E-state index is -0.259. The van der Waals surface area contributed by atoms with Crippen LogP contribution in [-0.4, -0.2) is 25.0 Å². The van der Waals surface area contributed by atoms with E-state index in [1.54, 1.807) is 12.1 Å². The van der Waals surface area contributed by atoms with Gasteiger partial charge < -0.3 is 10.6 Å². The molecule has 0 fully saturated rings. The maximum atomic E-state index is 13.4. The Morgan fingerprint density at radius 3 is 2.58 bits per heavy atom. The highest BCUT2D eigenvalue weighted by atomic mass is 19.1. The van der Waals surface area contributed by atoms with Gasteiger partial charge in [0, 0.05) is 13.1 Å². The molecule has 0 aliphatic carbocycles. The van der Waals surface area contributed by atoms with E-state index in [1.165, 1.54) is 6.07 Å². The molecular weight excluding hydrogens is 243 g/mol. The first-order chi connectivity index (χ1) is 9.00. The molecule has 0 aliphatic heterocycles. The Labute approximate surface area is 114 Å². The van der Waals surface area contributed by atoms with Crippen LogP contribution in [0.4, 0.5) is 4.39 Å². The third-order valence-electron chi connectivity index (χ3n) is 2.88. The van der Waals surface area contributed by atoms with Gasteiger partial charge in [-0.15, -0.1) is 0 Å². The van der Waals surface area contributed by atoms with E-state index < -0.39 is 0 Å². The van der Waals surface area contributed by atoms with Crippen molar-refractivity contribution in [3.8, 4) is 0 Å². The molecule has 106 valence electrons. The van der Waals surface area contributed by atoms with Crippen molar-refractivity contribution in [3.63, 3.8) is 0 Å². The van der Waals surface area contributed by atoms with Gasteiger partial charge >= 0.3 is 0 Å². The Bertz CT molecular complexity index is 407. The fraction of sp³-hybridized carbons (Fsp3) is 0.533. The fourth-order valence-electron chi connectivity index (χ4n) is 1.67. The third kappa shape index (κ3) is 5.83. The van der Waals surface area contributed by atoms with Crippen molar-refractivity contribution in [2.45, 2.75) is 33.2 Å². The number of hydrogen-bond acceptors (Lipinski definition) is 2. The second-order valence-corrected chi connectivity index (χ2v) is 5.16. The molecule has 0 heterocycles. The summed E-state index contributed by atoms with van der Waals surface area (Å²) in [6, 6.07) is 6.45. The molecule has 1 aromatic carbocycles. The predicted molar refractivity (Wildman–Crippen MR) is 75.4 cm³/mol. The van der Waals surface area contributed by atoms with Gasteiger partial charge in [-0.05, 0) is 30.9 Å². The molecule has 0 aliphatic rings. The molecule has 0 aromatic heterocycles. The summed E-state index contributed by atoms with van der Waals surface area (Å²) in [7, 11) is 0. The van der Waals surface area contributed by atoms with Crippen LogP contribution in [0.5, 0.6) is 0 Å². The SMILES string of the molecule is CC(C)CNC(=O)C(C)NCCc1ccccc1F. The van der Waals surface area contributed by atoms with Crippen molar-refractivity contribution in [2.75, 3.05) is 13.1 Å². The standard InChI is InChI=1S/C15H23FN2O/c1-11(2)10-18-15(19)12(3)17-9-8-13-6-4-5-7-14(13)16/h4-7,11-12,17H,8-10H2,1-3H3,(H,18,19). The first kappa shape index (κ1) is 15.6. The molecule has 3 nitrogen and oxygen atoms in total. The Hall–Kier alpha value is -1.42. The number of rotatable bonds is 7. The van der Waals surface area contributed by atoms with Crippen molar-refractivity contribution < 1.29 is 9.18 Å². The van der Waals surface area contributed by atoms with Gasteiger partial charge in [0.1, 0.15) is 5.82 Å². The summed E-state index contributed by atoms with van der Waals surface area (Å²) in [5.41, 5.74) is 0.671. The summed E-state index contributed by atoms with van der Waals surface area (Å²) in [6.45, 7) is 7.18. The van der Waals surface area contributed by atoms with E-state index in [0.29, 0.717) is 31.0 Å². The molecule has 1 amide bonds. The minimum absolute atomic E-state index is 0.0118. The molecule has 19 heavy (non-hydrogen) atoms. The van der Waals surface area contributed by atoms with E-state index >= 15 is 0 Å². The van der Waals surface area contributed by atoms with Crippen LogP contribution in [-0.2, 0) is 11.2 Å². The van der Waals surface area contributed by atoms with Gasteiger partial charge in [-0.1, -0.05) is 32.0 Å². The third-order valence-corrected chi connectivity index (χ3v) is 2.88. The van der Waals surface area contributed by atoms with Gasteiger partial charge in [0.05, 0.1) is 6.04 Å². The second-order valence-electron chi connectivity index (χ2n) is 5.16. The molecule has 2 N–H and O–H groups in total. The Morgan fingerprint density at radius 2 is 1.95 bits per heavy atom. The zero-order chi connectivity index (χ0) is 14.3. The maximum Gasteiger partial charge on any atom is 0.236 e. The van der Waals surface area contributed by atoms with Crippen LogP contribution in [0.3, 0.4) is 0 Å². The summed E-state index contributed by atoms with van der Waals surface area (Å²) in [5.74, 6) is 0.234. The quantitative estimate of drug-likeness (QED) is 0.793. The van der Waals surface area contributed by atoms with E-state index in [0.717, 1.165) is 0 Å². The molecule has 1 aromatic rings. The number of hydrogen-bond donors (Lipinski definition) is 2. The lowest BCUT2D eigenvalue weighted by Gasteiger charge is -2.15. The highest BCUT2D eigenvalue weighted by molar-refractivity contribution is 5.81. The van der Waals surface area contributed by atoms with Crippen LogP contribution in [0.1, 0.15) is 26.3 Å². The van der Waals surface area contributed by atoms with Crippen molar-refractivity contribution in [1.82, 2.24) is 10.6 Å². The van der Waals surface area contributed by atoms with E-state index in [4.69, 9.17) is 0 Å². The number of carbonyl (C=O) groups is 1. The van der Waals surface area contributed by atoms with Crippen LogP contribution in [0.2, 0.25) is 0 Å². The molecule has 0 bridgehead atoms. The van der Waals surface area contributed by atoms with E-state index in [1.807, 2.05) is 13.0 Å². The smallest absolute Gasteiger partial charge is 0.236 e. The number of amides is 1. The first-order valence-corrected chi connectivity index (χ1v) is 6.75. The number of halogens is 1. The molecular formula is C15H23FN2O. The Morgan fingerprint density at radius 1 is 1.26 bits per heavy atom. The van der Waals surface area contributed by atoms with Gasteiger partial charge in [-0.25, -0.2) is 4.39 Å². The summed E-state index contributed by atoms with van der Waals surface area (Å²) >= 11 is 0. The molecule has 4 heteroatoms. The average Bonchev–Trinajstić information content (AvgIpc) is 2.38. The lowest BCUT2D eigenvalue weighted by Crippen LogP contribution is -2.43. The molecule has 1 rings (SSSR count). The van der Waals surface area contributed by atoms with E-state index in [-0.39, 0.29) is 17.8 Å². The summed E-state index contributed by atoms with van der Waals surface area (Å²) in [5, 5.41) is 5.97. The van der Waals surface area contributed by atoms with Crippen LogP contribution in [0, 0.1) is 11.7 Å². The summed E-state index contributed by atoms with van der Waals surface area (Å²) in [4.78, 5) is 11.7. The highest BCUT2D eigenvalue weighted by Gasteiger charge is 2.11. The molecule has 0 spiro atoms. The van der Waals surface area contributed by atoms with Crippen LogP contribution in [0.25, 0.3) is 0 Å². The predicted octanol–water partition coefficient (Wildman–Crippen LogP) is 2.12. The van der Waals surface area contributed by atoms with Crippen LogP contribution in [0.15, 0.2) is 24.3 Å². The van der Waals surface area contributed by atoms with Gasteiger partial charge in [0.15, 0.2) is 0 Å². The van der Waals surface area contributed by atoms with Crippen LogP contribution < -0.4 is 10.6 Å². The lowest BCUT2D eigenvalue weighted by molar-refractivity contribution is -0.122. The highest BCUT2D eigenvalue weighted by Crippen LogP contribution is 2.06. The zero-order valence-electron chi connectivity index (χ0n) is 11.9. The fourth-order valence-corrected chi connectivity index (χ4v) is 1.67. The van der Waals surface area contributed by atoms with Gasteiger partial charge in [-0.3, -0.25) is 4.79 Å². The zero-order valence-corrected chi connectivity index (χ0v) is 11.9. The second kappa shape index (κ2) is 7.89. The Kier molecular flexibility index (Phi) is 6.50. The van der Waals surface area contributed by atoms with E-state index in [2.05, 4.69) is 24.5 Å². The number of benzene rings is 1. The molecule has 0 radical (unpaired) electrons. The van der Waals surface area contributed by atoms with Gasteiger partial charge in [0.25, 0.3) is 0 Å². The van der Waals surface area contributed by atoms with Crippen molar-refractivity contribution in [3.05, 3.63) is 35.6 Å². The van der Waals surface area contributed by atoms with Gasteiger partial charge in [0.2, 0.25) is 5.91 Å². The topological polar surface area (TPSA) is 41.1 Å². The van der Waals surface area contributed by atoms with Crippen molar-refractivity contribution >= 4 is 5.91 Å². The minimum Gasteiger partial charge on any atom is -0.354 e. The number of nitrogens with one attached hydrogen (secondary N) is 2. The molecule has 1 atom stereocenters. The van der Waals surface area contributed by atoms with E-state index in [9.17, 15) is 9.18 Å². The lowest BCUT2D eigenvalue weighted by atomic mass is 10.1. The Balaban J connectivity index is 2.29. The monoisotopic (exact) mass is 266 g/mol. The van der Waals surface area contributed by atoms with Crippen molar-refractivity contribution in [2.24, 2.45) is 5.92 Å². The number of carbonyl (C=O) groups excluding carboxylic acids is 1. The maximum absolute atomic E-state index is 13.4. The van der Waals surface area contributed by atoms with Crippen LogP contribution >= 0.6 is 0 Å². The first-order valence-electron chi connectivity index (χ1n) is 6.75. The molecule has 0 saturated heterocycles. The normalized spacial score (nSPS) is 12.5. The van der Waals surface area contributed by atoms with Crippen molar-refractivity contribution in [1.29, 1.82) is 0 Å². The summed E-state index contributed by atoms with van der Waals surface area (Å²) in [6.07, 6.45) is 0.578. The molecule has 0 saturated carbocycles. The summed E-state index contributed by atoms with van der Waals surface area (Å²) < 4.78 is 13.4. The average molecular weight is 266 g/mol. The van der Waals surface area contributed by atoms with Gasteiger partial charge in [-0.2, -0.15) is 0 Å². The largest absolute Gasteiger partial charge is 0.354 e.